The summed E-state index contributed by atoms with van der Waals surface area (Å²) in [6.07, 6.45) is 7.05. The molecular weight excluding hydrogens is 741 g/mol. The van der Waals surface area contributed by atoms with Gasteiger partial charge in [-0.25, -0.2) is 4.79 Å². The Balaban J connectivity index is 0.000000253. The smallest absolute Gasteiger partial charge is 0.353 e. The van der Waals surface area contributed by atoms with E-state index in [1.54, 1.807) is 49.8 Å². The molecule has 0 fully saturated rings. The molecule has 1 amide bonds. The number of nitrogens with one attached hydrogen (secondary N) is 1. The molecule has 2 aromatic heterocycles. The van der Waals surface area contributed by atoms with Gasteiger partial charge in [-0.15, -0.1) is 18.0 Å². The molecule has 0 aliphatic rings. The highest BCUT2D eigenvalue weighted by molar-refractivity contribution is 7.85. The number of alkyl halides is 1. The first-order valence-corrected chi connectivity index (χ1v) is 17.5. The Bertz CT molecular complexity index is 2130. The van der Waals surface area contributed by atoms with Gasteiger partial charge in [0.05, 0.1) is 32.9 Å². The largest absolute Gasteiger partial charge is 0.477 e. The fourth-order valence-electron chi connectivity index (χ4n) is 4.67. The number of aromatic carboxylic acids is 1. The van der Waals surface area contributed by atoms with Crippen molar-refractivity contribution in [1.82, 2.24) is 20.0 Å². The lowest BCUT2D eigenvalue weighted by molar-refractivity contribution is -0.116. The second kappa shape index (κ2) is 18.3. The molecule has 12 nitrogen and oxygen atoms in total. The van der Waals surface area contributed by atoms with Crippen LogP contribution >= 0.6 is 34.8 Å². The molecule has 1 atom stereocenters. The number of nitrogens with zero attached hydrogens (tertiary/aromatic N) is 4. The SMILES string of the molecule is C#CC(C)N(C(=O)CCl)c1ccccc1.Cc1nn(C)c(Cc2ccc(S(=O)(=O)O)cc2)c1C(=O)c1ccc(Cl)cc1Cl.O=C(O)c1ccn[nH]1. The molecule has 0 saturated carbocycles. The monoisotopic (exact) mass is 771 g/mol. The summed E-state index contributed by atoms with van der Waals surface area (Å²) in [5.74, 6) is 1.02. The van der Waals surface area contributed by atoms with Crippen molar-refractivity contribution in [1.29, 1.82) is 0 Å². The molecule has 2 heterocycles. The van der Waals surface area contributed by atoms with Crippen molar-refractivity contribution in [3.63, 3.8) is 0 Å². The van der Waals surface area contributed by atoms with Gasteiger partial charge in [-0.05, 0) is 67.9 Å². The van der Waals surface area contributed by atoms with E-state index in [4.69, 9.17) is 50.9 Å². The van der Waals surface area contributed by atoms with E-state index >= 15 is 0 Å². The van der Waals surface area contributed by atoms with Crippen LogP contribution in [0.15, 0.2) is 90.0 Å². The van der Waals surface area contributed by atoms with Crippen LogP contribution in [0, 0.1) is 19.3 Å². The molecule has 0 bridgehead atoms. The van der Waals surface area contributed by atoms with Crippen molar-refractivity contribution in [3.8, 4) is 12.3 Å². The van der Waals surface area contributed by atoms with E-state index < -0.39 is 16.1 Å². The normalized spacial score (nSPS) is 11.2. The second-order valence-electron chi connectivity index (χ2n) is 10.6. The van der Waals surface area contributed by atoms with Crippen LogP contribution in [0.1, 0.15) is 50.3 Å². The number of carboxylic acid groups (broad SMARTS) is 1. The number of benzene rings is 3. The number of aryl methyl sites for hydroxylation is 2. The zero-order valence-corrected chi connectivity index (χ0v) is 30.5. The van der Waals surface area contributed by atoms with Gasteiger partial charge in [0.2, 0.25) is 5.91 Å². The maximum absolute atomic E-state index is 13.1. The number of ketones is 1. The molecule has 0 spiro atoms. The minimum absolute atomic E-state index is 0.0685. The fraction of sp³-hybridized carbons (Fsp3) is 0.171. The number of para-hydroxylation sites is 1. The van der Waals surface area contributed by atoms with Gasteiger partial charge in [0.15, 0.2) is 5.78 Å². The van der Waals surface area contributed by atoms with Crippen LogP contribution in [0.25, 0.3) is 0 Å². The molecular formula is C35H32Cl3N5O7S. The summed E-state index contributed by atoms with van der Waals surface area (Å²) in [7, 11) is -2.53. The summed E-state index contributed by atoms with van der Waals surface area (Å²) < 4.78 is 33.1. The average molecular weight is 773 g/mol. The highest BCUT2D eigenvalue weighted by Gasteiger charge is 2.24. The van der Waals surface area contributed by atoms with Crippen molar-refractivity contribution in [2.75, 3.05) is 10.8 Å². The predicted molar refractivity (Wildman–Crippen MR) is 195 cm³/mol. The maximum atomic E-state index is 13.1. The van der Waals surface area contributed by atoms with E-state index in [0.717, 1.165) is 11.3 Å². The molecule has 0 aliphatic heterocycles. The van der Waals surface area contributed by atoms with Gasteiger partial charge >= 0.3 is 5.97 Å². The van der Waals surface area contributed by atoms with E-state index in [1.807, 2.05) is 30.3 Å². The lowest BCUT2D eigenvalue weighted by Gasteiger charge is -2.25. The molecule has 51 heavy (non-hydrogen) atoms. The highest BCUT2D eigenvalue weighted by Crippen LogP contribution is 2.27. The van der Waals surface area contributed by atoms with Gasteiger partial charge in [0.25, 0.3) is 10.1 Å². The number of carboxylic acids is 1. The Labute approximate surface area is 309 Å². The highest BCUT2D eigenvalue weighted by atomic mass is 35.5. The van der Waals surface area contributed by atoms with Gasteiger partial charge in [0, 0.05) is 35.9 Å². The number of carbonyl (C=O) groups is 3. The van der Waals surface area contributed by atoms with E-state index in [9.17, 15) is 22.8 Å². The number of terminal acetylenes is 1. The van der Waals surface area contributed by atoms with E-state index in [0.29, 0.717) is 34.0 Å². The molecule has 0 radical (unpaired) electrons. The van der Waals surface area contributed by atoms with Crippen LogP contribution in [0.2, 0.25) is 10.0 Å². The number of amides is 1. The van der Waals surface area contributed by atoms with Crippen LogP contribution in [-0.4, -0.2) is 67.6 Å². The van der Waals surface area contributed by atoms with Gasteiger partial charge in [-0.3, -0.25) is 28.8 Å². The number of halogens is 3. The number of hydrogen-bond acceptors (Lipinski definition) is 7. The number of H-pyrrole nitrogens is 1. The van der Waals surface area contributed by atoms with Gasteiger partial charge in [0.1, 0.15) is 11.6 Å². The molecule has 16 heteroatoms. The van der Waals surface area contributed by atoms with Crippen LogP contribution < -0.4 is 4.90 Å². The van der Waals surface area contributed by atoms with Crippen molar-refractivity contribution in [2.45, 2.75) is 31.2 Å². The molecule has 0 saturated heterocycles. The lowest BCUT2D eigenvalue weighted by Crippen LogP contribution is -2.38. The molecule has 1 unspecified atom stereocenters. The Morgan fingerprint density at radius 1 is 1.04 bits per heavy atom. The Kier molecular flexibility index (Phi) is 14.5. The third kappa shape index (κ3) is 11.0. The van der Waals surface area contributed by atoms with Crippen molar-refractivity contribution in [3.05, 3.63) is 129 Å². The Morgan fingerprint density at radius 3 is 2.18 bits per heavy atom. The first-order valence-electron chi connectivity index (χ1n) is 14.8. The summed E-state index contributed by atoms with van der Waals surface area (Å²) in [6, 6.07) is 20.8. The topological polar surface area (TPSA) is 176 Å². The number of aromatic nitrogens is 4. The second-order valence-corrected chi connectivity index (χ2v) is 13.2. The third-order valence-electron chi connectivity index (χ3n) is 7.11. The first kappa shape index (κ1) is 40.5. The van der Waals surface area contributed by atoms with Crippen molar-refractivity contribution < 1.29 is 32.5 Å². The summed E-state index contributed by atoms with van der Waals surface area (Å²) in [4.78, 5) is 36.0. The van der Waals surface area contributed by atoms with Crippen LogP contribution in [0.5, 0.6) is 0 Å². The van der Waals surface area contributed by atoms with Crippen LogP contribution in [0.4, 0.5) is 5.69 Å². The summed E-state index contributed by atoms with van der Waals surface area (Å²) in [5, 5.41) is 19.0. The summed E-state index contributed by atoms with van der Waals surface area (Å²) in [5.41, 5.74) is 3.62. The number of anilines is 1. The van der Waals surface area contributed by atoms with Crippen LogP contribution in [0.3, 0.4) is 0 Å². The van der Waals surface area contributed by atoms with Gasteiger partial charge < -0.3 is 5.11 Å². The molecule has 3 N–H and O–H groups in total. The minimum Gasteiger partial charge on any atom is -0.477 e. The molecule has 3 aromatic carbocycles. The number of rotatable bonds is 9. The van der Waals surface area contributed by atoms with E-state index in [-0.39, 0.29) is 39.2 Å². The zero-order chi connectivity index (χ0) is 37.9. The lowest BCUT2D eigenvalue weighted by atomic mass is 9.98. The minimum atomic E-state index is -4.26. The van der Waals surface area contributed by atoms with E-state index in [2.05, 4.69) is 21.2 Å². The molecule has 5 aromatic rings. The quantitative estimate of drug-likeness (QED) is 0.0655. The zero-order valence-electron chi connectivity index (χ0n) is 27.4. The number of hydrogen-bond donors (Lipinski definition) is 3. The predicted octanol–water partition coefficient (Wildman–Crippen LogP) is 6.49. The first-order chi connectivity index (χ1) is 24.1. The maximum Gasteiger partial charge on any atom is 0.353 e. The Morgan fingerprint density at radius 2 is 1.69 bits per heavy atom. The van der Waals surface area contributed by atoms with Crippen molar-refractivity contribution in [2.24, 2.45) is 7.05 Å². The van der Waals surface area contributed by atoms with Gasteiger partial charge in [-0.1, -0.05) is 59.5 Å². The number of carbonyl (C=O) groups excluding carboxylic acids is 2. The fourth-order valence-corrected chi connectivity index (χ4v) is 5.77. The molecule has 266 valence electrons. The molecule has 0 aliphatic carbocycles. The van der Waals surface area contributed by atoms with Crippen molar-refractivity contribution >= 4 is 68.3 Å². The standard InChI is InChI=1S/C19H16Cl2N2O4S.C12H12ClNO.C4H4N2O2/c1-11-18(19(24)15-8-5-13(20)10-16(15)21)17(23(2)22-11)9-12-3-6-14(7-4-12)28(25,26)27;1-3-10(2)14(12(15)9-13)11-7-5-4-6-8-11;7-4(8)3-1-2-5-6-3/h3-8,10H,9H2,1-2H3,(H,25,26,27);1,4-8,10H,9H2,2H3;1-2H,(H,5,6)(H,7,8). The average Bonchev–Trinajstić information content (AvgIpc) is 3.73. The molecule has 5 rings (SSSR count). The summed E-state index contributed by atoms with van der Waals surface area (Å²) >= 11 is 17.6. The number of aromatic amines is 1. The van der Waals surface area contributed by atoms with E-state index in [1.165, 1.54) is 35.4 Å². The Hall–Kier alpha value is -4.97. The van der Waals surface area contributed by atoms with Crippen LogP contribution in [-0.2, 0) is 28.4 Å². The summed E-state index contributed by atoms with van der Waals surface area (Å²) in [6.45, 7) is 3.53. The third-order valence-corrected chi connectivity index (χ3v) is 8.76. The van der Waals surface area contributed by atoms with Gasteiger partial charge in [-0.2, -0.15) is 18.6 Å².